The molecule has 6 nitrogen and oxygen atoms in total. The van der Waals surface area contributed by atoms with Gasteiger partial charge in [-0.15, -0.1) is 0 Å². The highest BCUT2D eigenvalue weighted by Crippen LogP contribution is 2.74. The van der Waals surface area contributed by atoms with Gasteiger partial charge in [-0.3, -0.25) is 0 Å². The third-order valence-electron chi connectivity index (χ3n) is 7.50. The lowest BCUT2D eigenvalue weighted by Crippen LogP contribution is -2.82. The summed E-state index contributed by atoms with van der Waals surface area (Å²) in [6.45, 7) is 5.25. The molecule has 4 bridgehead atoms. The maximum absolute atomic E-state index is 11.6. The van der Waals surface area contributed by atoms with Crippen LogP contribution in [0.25, 0.3) is 0 Å². The second kappa shape index (κ2) is 3.47. The zero-order valence-corrected chi connectivity index (χ0v) is 12.7. The van der Waals surface area contributed by atoms with E-state index in [1.165, 1.54) is 6.92 Å². The van der Waals surface area contributed by atoms with Crippen LogP contribution in [0.4, 0.5) is 0 Å². The quantitative estimate of drug-likeness (QED) is 0.491. The van der Waals surface area contributed by atoms with Crippen molar-refractivity contribution < 1.29 is 29.9 Å². The minimum atomic E-state index is -1.83. The number of hydrogen-bond acceptors (Lipinski definition) is 6. The fraction of sp³-hybridized carbons (Fsp3) is 1.00. The van der Waals surface area contributed by atoms with E-state index >= 15 is 0 Å². The minimum Gasteiger partial charge on any atom is -0.388 e. The molecule has 4 N–H and O–H groups in total. The maximum Gasteiger partial charge on any atom is 0.199 e. The normalized spacial score (nSPS) is 69.0. The lowest BCUT2D eigenvalue weighted by atomic mass is 9.43. The highest BCUT2D eigenvalue weighted by atomic mass is 16.8. The standard InChI is InChI=1S/C15H24O6/c1-8-4-5-14(18)11(2)7-20-10-9(16)13(8,14)6-15(19,21-10)12(11,3)17/h8-10,16-19H,4-7H2,1-3H3/t8-,9?,10+,11-,12-,13+,14+,15-/m1/s1. The SMILES string of the molecule is C[C@@H]1CC[C@]2(O)[C@]3(C)CO[C@H]4O[C@](O)(C[C@@]12C4O)[C@]3(C)O. The van der Waals surface area contributed by atoms with Gasteiger partial charge in [0.2, 0.25) is 0 Å². The van der Waals surface area contributed by atoms with Crippen LogP contribution in [0, 0.1) is 16.7 Å². The number of aliphatic hydroxyl groups is 4. The van der Waals surface area contributed by atoms with Crippen LogP contribution in [-0.4, -0.2) is 56.4 Å². The van der Waals surface area contributed by atoms with Gasteiger partial charge in [0.1, 0.15) is 11.7 Å². The van der Waals surface area contributed by atoms with Crippen LogP contribution in [0.5, 0.6) is 0 Å². The first-order valence-electron chi connectivity index (χ1n) is 7.70. The molecule has 5 aliphatic rings. The molecule has 0 radical (unpaired) electrons. The summed E-state index contributed by atoms with van der Waals surface area (Å²) in [5.41, 5.74) is -5.01. The van der Waals surface area contributed by atoms with E-state index in [0.29, 0.717) is 6.42 Å². The Morgan fingerprint density at radius 3 is 2.48 bits per heavy atom. The van der Waals surface area contributed by atoms with Crippen LogP contribution >= 0.6 is 0 Å². The van der Waals surface area contributed by atoms with Crippen molar-refractivity contribution in [2.75, 3.05) is 6.61 Å². The molecule has 5 fully saturated rings. The molecule has 0 amide bonds. The Morgan fingerprint density at radius 2 is 1.81 bits per heavy atom. The summed E-state index contributed by atoms with van der Waals surface area (Å²) in [6, 6.07) is 0. The first kappa shape index (κ1) is 14.4. The topological polar surface area (TPSA) is 99.4 Å². The van der Waals surface area contributed by atoms with Crippen LogP contribution in [0.15, 0.2) is 0 Å². The van der Waals surface area contributed by atoms with E-state index in [1.54, 1.807) is 6.92 Å². The fourth-order valence-electron chi connectivity index (χ4n) is 5.77. The van der Waals surface area contributed by atoms with Gasteiger partial charge in [-0.25, -0.2) is 0 Å². The summed E-state index contributed by atoms with van der Waals surface area (Å²) < 4.78 is 11.2. The van der Waals surface area contributed by atoms with Crippen molar-refractivity contribution in [3.8, 4) is 0 Å². The number of ether oxygens (including phenoxy) is 2. The molecule has 3 heterocycles. The van der Waals surface area contributed by atoms with E-state index in [0.717, 1.165) is 6.42 Å². The molecule has 1 unspecified atom stereocenters. The molecular weight excluding hydrogens is 276 g/mol. The van der Waals surface area contributed by atoms with E-state index in [9.17, 15) is 20.4 Å². The second-order valence-corrected chi connectivity index (χ2v) is 7.95. The van der Waals surface area contributed by atoms with Gasteiger partial charge in [-0.1, -0.05) is 13.8 Å². The minimum absolute atomic E-state index is 0.00699. The third kappa shape index (κ3) is 1.12. The molecule has 0 aromatic heterocycles. The van der Waals surface area contributed by atoms with Gasteiger partial charge in [0.25, 0.3) is 0 Å². The summed E-state index contributed by atoms with van der Waals surface area (Å²) in [5.74, 6) is -1.82. The van der Waals surface area contributed by atoms with Crippen molar-refractivity contribution in [1.82, 2.24) is 0 Å². The predicted octanol–water partition coefficient (Wildman–Crippen LogP) is -0.269. The Balaban J connectivity index is 2.05. The first-order valence-corrected chi connectivity index (χ1v) is 7.70. The molecule has 120 valence electrons. The van der Waals surface area contributed by atoms with Crippen LogP contribution in [0.3, 0.4) is 0 Å². The molecule has 0 aromatic rings. The highest BCUT2D eigenvalue weighted by Gasteiger charge is 2.85. The number of aliphatic hydroxyl groups excluding tert-OH is 1. The summed E-state index contributed by atoms with van der Waals surface area (Å²) in [5, 5.41) is 44.5. The number of rotatable bonds is 0. The monoisotopic (exact) mass is 300 g/mol. The third-order valence-corrected chi connectivity index (χ3v) is 7.50. The van der Waals surface area contributed by atoms with Gasteiger partial charge in [-0.05, 0) is 25.7 Å². The van der Waals surface area contributed by atoms with Gasteiger partial charge in [0.05, 0.1) is 17.6 Å². The van der Waals surface area contributed by atoms with E-state index in [-0.39, 0.29) is 18.9 Å². The molecule has 3 saturated heterocycles. The van der Waals surface area contributed by atoms with Crippen molar-refractivity contribution in [3.63, 3.8) is 0 Å². The molecule has 6 heteroatoms. The van der Waals surface area contributed by atoms with Crippen molar-refractivity contribution in [2.45, 2.75) is 69.4 Å². The molecule has 2 aliphatic carbocycles. The fourth-order valence-corrected chi connectivity index (χ4v) is 5.77. The molecule has 1 spiro atoms. The van der Waals surface area contributed by atoms with Gasteiger partial charge < -0.3 is 29.9 Å². The molecule has 3 aliphatic heterocycles. The average molecular weight is 300 g/mol. The summed E-state index contributed by atoms with van der Waals surface area (Å²) in [7, 11) is 0. The van der Waals surface area contributed by atoms with E-state index in [4.69, 9.17) is 9.47 Å². The van der Waals surface area contributed by atoms with Crippen LogP contribution in [-0.2, 0) is 9.47 Å². The Hall–Kier alpha value is -0.240. The highest BCUT2D eigenvalue weighted by molar-refractivity contribution is 5.30. The zero-order valence-electron chi connectivity index (χ0n) is 12.7. The Bertz CT molecular complexity index is 506. The second-order valence-electron chi connectivity index (χ2n) is 7.95. The summed E-state index contributed by atoms with van der Waals surface area (Å²) in [6.07, 6.45) is -0.808. The van der Waals surface area contributed by atoms with Crippen LogP contribution in [0.1, 0.15) is 40.0 Å². The zero-order chi connectivity index (χ0) is 15.5. The maximum atomic E-state index is 11.6. The molecule has 2 saturated carbocycles. The van der Waals surface area contributed by atoms with Gasteiger partial charge >= 0.3 is 0 Å². The molecule has 5 rings (SSSR count). The first-order chi connectivity index (χ1) is 9.56. The average Bonchev–Trinajstić information content (AvgIpc) is 2.61. The Labute approximate surface area is 123 Å². The molecule has 8 atom stereocenters. The van der Waals surface area contributed by atoms with Crippen molar-refractivity contribution in [2.24, 2.45) is 16.7 Å². The van der Waals surface area contributed by atoms with Crippen LogP contribution < -0.4 is 0 Å². The number of fused-ring (bicyclic) bond motifs is 1. The molecule has 0 aromatic carbocycles. The van der Waals surface area contributed by atoms with Crippen molar-refractivity contribution >= 4 is 0 Å². The van der Waals surface area contributed by atoms with E-state index < -0.39 is 40.2 Å². The van der Waals surface area contributed by atoms with E-state index in [1.807, 2.05) is 6.92 Å². The molecular formula is C15H24O6. The van der Waals surface area contributed by atoms with Crippen molar-refractivity contribution in [1.29, 1.82) is 0 Å². The molecule has 21 heavy (non-hydrogen) atoms. The largest absolute Gasteiger partial charge is 0.388 e. The van der Waals surface area contributed by atoms with Crippen LogP contribution in [0.2, 0.25) is 0 Å². The lowest BCUT2D eigenvalue weighted by Gasteiger charge is -2.68. The van der Waals surface area contributed by atoms with Crippen molar-refractivity contribution in [3.05, 3.63) is 0 Å². The van der Waals surface area contributed by atoms with E-state index in [2.05, 4.69) is 0 Å². The van der Waals surface area contributed by atoms with Gasteiger partial charge in [0, 0.05) is 11.8 Å². The smallest absolute Gasteiger partial charge is 0.199 e. The Morgan fingerprint density at radius 1 is 1.14 bits per heavy atom. The summed E-state index contributed by atoms with van der Waals surface area (Å²) >= 11 is 0. The summed E-state index contributed by atoms with van der Waals surface area (Å²) in [4.78, 5) is 0. The van der Waals surface area contributed by atoms with Gasteiger partial charge in [0.15, 0.2) is 12.1 Å². The number of hydrogen-bond donors (Lipinski definition) is 4. The Kier molecular flexibility index (Phi) is 2.37. The van der Waals surface area contributed by atoms with Gasteiger partial charge in [-0.2, -0.15) is 0 Å². The predicted molar refractivity (Wildman–Crippen MR) is 70.9 cm³/mol. The lowest BCUT2D eigenvalue weighted by molar-refractivity contribution is -0.448.